The molecule has 0 spiro atoms. The largest absolute Gasteiger partial charge is 0.497 e. The second-order valence-electron chi connectivity index (χ2n) is 2.54. The van der Waals surface area contributed by atoms with E-state index in [0.29, 0.717) is 16.5 Å². The lowest BCUT2D eigenvalue weighted by atomic mass is 10.3. The first-order valence-electron chi connectivity index (χ1n) is 3.94. The van der Waals surface area contributed by atoms with Gasteiger partial charge in [0.2, 0.25) is 5.91 Å². The van der Waals surface area contributed by atoms with Crippen molar-refractivity contribution in [1.82, 2.24) is 0 Å². The molecule has 0 saturated carbocycles. The Hall–Kier alpha value is -1.48. The van der Waals surface area contributed by atoms with Gasteiger partial charge in [-0.1, -0.05) is 18.2 Å². The fraction of sp³-hybridized carbons (Fsp3) is 0.100. The number of methoxy groups -OCH3 is 1. The maximum Gasteiger partial charge on any atom is 0.247 e. The molecular weight excluding hydrogens is 202 g/mol. The summed E-state index contributed by atoms with van der Waals surface area (Å²) in [4.78, 5) is 11.0. The van der Waals surface area contributed by atoms with Crippen molar-refractivity contribution in [3.63, 3.8) is 0 Å². The maximum atomic E-state index is 11.0. The maximum absolute atomic E-state index is 11.0. The molecule has 0 aromatic heterocycles. The minimum atomic E-state index is -0.294. The van der Waals surface area contributed by atoms with Gasteiger partial charge in [0.1, 0.15) is 5.75 Å². The SMILES string of the molecule is C=CC(=O)Nc1ccc(OC)cc1Cl. The molecule has 1 aromatic carbocycles. The van der Waals surface area contributed by atoms with Crippen molar-refractivity contribution in [1.29, 1.82) is 0 Å². The zero-order chi connectivity index (χ0) is 10.6. The molecule has 1 rings (SSSR count). The lowest BCUT2D eigenvalue weighted by molar-refractivity contribution is -0.111. The summed E-state index contributed by atoms with van der Waals surface area (Å²) in [5.41, 5.74) is 0.539. The smallest absolute Gasteiger partial charge is 0.247 e. The number of ether oxygens (including phenoxy) is 1. The molecule has 0 aliphatic carbocycles. The first-order valence-corrected chi connectivity index (χ1v) is 4.32. The van der Waals surface area contributed by atoms with Gasteiger partial charge < -0.3 is 10.1 Å². The molecule has 0 atom stereocenters. The number of carbonyl (C=O) groups excluding carboxylic acids is 1. The van der Waals surface area contributed by atoms with Gasteiger partial charge in [-0.3, -0.25) is 4.79 Å². The van der Waals surface area contributed by atoms with E-state index < -0.39 is 0 Å². The van der Waals surface area contributed by atoms with Gasteiger partial charge in [-0.2, -0.15) is 0 Å². The molecule has 0 unspecified atom stereocenters. The summed E-state index contributed by atoms with van der Waals surface area (Å²) in [6, 6.07) is 5.01. The summed E-state index contributed by atoms with van der Waals surface area (Å²) in [6.45, 7) is 3.34. The highest BCUT2D eigenvalue weighted by atomic mass is 35.5. The van der Waals surface area contributed by atoms with Gasteiger partial charge in [0.25, 0.3) is 0 Å². The summed E-state index contributed by atoms with van der Waals surface area (Å²) in [5, 5.41) is 3.00. The Morgan fingerprint density at radius 1 is 1.64 bits per heavy atom. The molecule has 0 aliphatic rings. The van der Waals surface area contributed by atoms with Gasteiger partial charge >= 0.3 is 0 Å². The predicted octanol–water partition coefficient (Wildman–Crippen LogP) is 2.47. The van der Waals surface area contributed by atoms with Crippen molar-refractivity contribution in [2.24, 2.45) is 0 Å². The Bertz CT molecular complexity index is 363. The van der Waals surface area contributed by atoms with E-state index in [1.807, 2.05) is 0 Å². The van der Waals surface area contributed by atoms with Crippen molar-refractivity contribution in [3.05, 3.63) is 35.9 Å². The number of benzene rings is 1. The Morgan fingerprint density at radius 2 is 2.36 bits per heavy atom. The van der Waals surface area contributed by atoms with Crippen LogP contribution in [0.15, 0.2) is 30.9 Å². The molecule has 14 heavy (non-hydrogen) atoms. The average molecular weight is 212 g/mol. The van der Waals surface area contributed by atoms with Crippen LogP contribution in [0.25, 0.3) is 0 Å². The minimum absolute atomic E-state index is 0.294. The highest BCUT2D eigenvalue weighted by Gasteiger charge is 2.03. The average Bonchev–Trinajstić information content (AvgIpc) is 2.20. The highest BCUT2D eigenvalue weighted by Crippen LogP contribution is 2.26. The van der Waals surface area contributed by atoms with E-state index in [0.717, 1.165) is 0 Å². The minimum Gasteiger partial charge on any atom is -0.497 e. The number of nitrogens with one attached hydrogen (secondary N) is 1. The standard InChI is InChI=1S/C10H10ClNO2/c1-3-10(13)12-9-5-4-7(14-2)6-8(9)11/h3-6H,1H2,2H3,(H,12,13). The Labute approximate surface area is 87.3 Å². The second-order valence-corrected chi connectivity index (χ2v) is 2.95. The van der Waals surface area contributed by atoms with Gasteiger partial charge in [0.15, 0.2) is 0 Å². The van der Waals surface area contributed by atoms with Crippen LogP contribution in [-0.2, 0) is 4.79 Å². The van der Waals surface area contributed by atoms with E-state index in [2.05, 4.69) is 11.9 Å². The van der Waals surface area contributed by atoms with Crippen LogP contribution < -0.4 is 10.1 Å². The first kappa shape index (κ1) is 10.6. The molecule has 1 aromatic rings. The van der Waals surface area contributed by atoms with E-state index in [4.69, 9.17) is 16.3 Å². The molecule has 74 valence electrons. The predicted molar refractivity (Wildman–Crippen MR) is 56.8 cm³/mol. The number of hydrogen-bond acceptors (Lipinski definition) is 2. The van der Waals surface area contributed by atoms with Gasteiger partial charge in [-0.15, -0.1) is 0 Å². The number of halogens is 1. The van der Waals surface area contributed by atoms with Gasteiger partial charge in [-0.05, 0) is 18.2 Å². The summed E-state index contributed by atoms with van der Waals surface area (Å²) in [5.74, 6) is 0.351. The molecule has 0 saturated heterocycles. The zero-order valence-electron chi connectivity index (χ0n) is 7.71. The topological polar surface area (TPSA) is 38.3 Å². The lowest BCUT2D eigenvalue weighted by Crippen LogP contribution is -2.07. The number of amides is 1. The third-order valence-corrected chi connectivity index (χ3v) is 1.93. The van der Waals surface area contributed by atoms with Crippen molar-refractivity contribution in [3.8, 4) is 5.75 Å². The van der Waals surface area contributed by atoms with Crippen LogP contribution in [0.5, 0.6) is 5.75 Å². The summed E-state index contributed by atoms with van der Waals surface area (Å²) in [6.07, 6.45) is 1.18. The monoisotopic (exact) mass is 211 g/mol. The van der Waals surface area contributed by atoms with Crippen molar-refractivity contribution in [2.45, 2.75) is 0 Å². The molecule has 4 heteroatoms. The van der Waals surface area contributed by atoms with Crippen LogP contribution in [0.3, 0.4) is 0 Å². The van der Waals surface area contributed by atoms with Gasteiger partial charge in [-0.25, -0.2) is 0 Å². The third-order valence-electron chi connectivity index (χ3n) is 1.62. The molecule has 0 fully saturated rings. The van der Waals surface area contributed by atoms with Crippen LogP contribution in [-0.4, -0.2) is 13.0 Å². The molecule has 0 radical (unpaired) electrons. The summed E-state index contributed by atoms with van der Waals surface area (Å²) < 4.78 is 4.96. The number of rotatable bonds is 3. The van der Waals surface area contributed by atoms with Crippen LogP contribution in [0.2, 0.25) is 5.02 Å². The van der Waals surface area contributed by atoms with Gasteiger partial charge in [0.05, 0.1) is 17.8 Å². The summed E-state index contributed by atoms with van der Waals surface area (Å²) in [7, 11) is 1.55. The van der Waals surface area contributed by atoms with Crippen LogP contribution in [0.4, 0.5) is 5.69 Å². The number of hydrogen-bond donors (Lipinski definition) is 1. The van der Waals surface area contributed by atoms with E-state index >= 15 is 0 Å². The zero-order valence-corrected chi connectivity index (χ0v) is 8.47. The quantitative estimate of drug-likeness (QED) is 0.780. The Kier molecular flexibility index (Phi) is 3.54. The second kappa shape index (κ2) is 4.67. The van der Waals surface area contributed by atoms with Crippen LogP contribution >= 0.6 is 11.6 Å². The van der Waals surface area contributed by atoms with Crippen LogP contribution in [0.1, 0.15) is 0 Å². The normalized spacial score (nSPS) is 9.29. The van der Waals surface area contributed by atoms with Crippen molar-refractivity contribution in [2.75, 3.05) is 12.4 Å². The number of anilines is 1. The summed E-state index contributed by atoms with van der Waals surface area (Å²) >= 11 is 5.88. The molecule has 0 heterocycles. The lowest BCUT2D eigenvalue weighted by Gasteiger charge is -2.06. The van der Waals surface area contributed by atoms with E-state index in [1.165, 1.54) is 6.08 Å². The van der Waals surface area contributed by atoms with E-state index in [9.17, 15) is 4.79 Å². The molecule has 3 nitrogen and oxygen atoms in total. The fourth-order valence-corrected chi connectivity index (χ4v) is 1.13. The molecule has 1 amide bonds. The number of carbonyl (C=O) groups is 1. The molecular formula is C10H10ClNO2. The fourth-order valence-electron chi connectivity index (χ4n) is 0.908. The van der Waals surface area contributed by atoms with E-state index in [1.54, 1.807) is 25.3 Å². The molecule has 0 bridgehead atoms. The van der Waals surface area contributed by atoms with Crippen molar-refractivity contribution >= 4 is 23.2 Å². The van der Waals surface area contributed by atoms with Crippen molar-refractivity contribution < 1.29 is 9.53 Å². The third kappa shape index (κ3) is 2.50. The Balaban J connectivity index is 2.88. The molecule has 1 N–H and O–H groups in total. The highest BCUT2D eigenvalue weighted by molar-refractivity contribution is 6.34. The Morgan fingerprint density at radius 3 is 2.86 bits per heavy atom. The van der Waals surface area contributed by atoms with Crippen LogP contribution in [0, 0.1) is 0 Å². The first-order chi connectivity index (χ1) is 6.67. The van der Waals surface area contributed by atoms with Gasteiger partial charge in [0, 0.05) is 6.07 Å². The molecule has 0 aliphatic heterocycles. The van der Waals surface area contributed by atoms with E-state index in [-0.39, 0.29) is 5.91 Å².